The largest absolute Gasteiger partial charge is 0.360 e. The molecule has 4 nitrogen and oxygen atoms in total. The molecular formula is C9H10NO3P. The number of H-pyrrole nitrogens is 1. The van der Waals surface area contributed by atoms with Crippen LogP contribution in [0.3, 0.4) is 0 Å². The van der Waals surface area contributed by atoms with Crippen molar-refractivity contribution in [1.82, 2.24) is 4.98 Å². The third-order valence-corrected chi connectivity index (χ3v) is 3.13. The van der Waals surface area contributed by atoms with Crippen LogP contribution in [-0.4, -0.2) is 14.8 Å². The summed E-state index contributed by atoms with van der Waals surface area (Å²) in [5.41, 5.74) is 1.72. The fourth-order valence-corrected chi connectivity index (χ4v) is 2.19. The van der Waals surface area contributed by atoms with E-state index in [-0.39, 0.29) is 5.30 Å². The molecule has 3 N–H and O–H groups in total. The van der Waals surface area contributed by atoms with E-state index in [2.05, 4.69) is 4.98 Å². The predicted molar refractivity (Wildman–Crippen MR) is 54.7 cm³/mol. The zero-order valence-electron chi connectivity index (χ0n) is 7.56. The van der Waals surface area contributed by atoms with Crippen molar-refractivity contribution in [2.45, 2.75) is 6.92 Å². The van der Waals surface area contributed by atoms with Crippen molar-refractivity contribution < 1.29 is 14.4 Å². The fraction of sp³-hybridized carbons (Fsp3) is 0.111. The van der Waals surface area contributed by atoms with Crippen LogP contribution in [0, 0.1) is 6.92 Å². The Morgan fingerprint density at radius 1 is 1.36 bits per heavy atom. The van der Waals surface area contributed by atoms with E-state index in [4.69, 9.17) is 9.79 Å². The number of hydrogen-bond donors (Lipinski definition) is 3. The number of aromatic amines is 1. The van der Waals surface area contributed by atoms with Crippen molar-refractivity contribution >= 4 is 23.8 Å². The Balaban J connectivity index is 2.80. The Morgan fingerprint density at radius 2 is 2.07 bits per heavy atom. The fourth-order valence-electron chi connectivity index (χ4n) is 1.46. The summed E-state index contributed by atoms with van der Waals surface area (Å²) in [6, 6.07) is 5.46. The first-order valence-electron chi connectivity index (χ1n) is 4.12. The van der Waals surface area contributed by atoms with Crippen LogP contribution in [0.2, 0.25) is 0 Å². The van der Waals surface area contributed by atoms with Gasteiger partial charge in [0.2, 0.25) is 0 Å². The number of benzene rings is 1. The van der Waals surface area contributed by atoms with Crippen LogP contribution in [0.5, 0.6) is 0 Å². The zero-order valence-corrected chi connectivity index (χ0v) is 8.45. The number of aryl methyl sites for hydroxylation is 1. The van der Waals surface area contributed by atoms with Gasteiger partial charge in [-0.05, 0) is 19.1 Å². The average Bonchev–Trinajstić information content (AvgIpc) is 2.45. The highest BCUT2D eigenvalue weighted by Gasteiger charge is 2.21. The third-order valence-electron chi connectivity index (χ3n) is 2.13. The minimum absolute atomic E-state index is 0.0659. The molecule has 0 radical (unpaired) electrons. The zero-order chi connectivity index (χ0) is 10.3. The summed E-state index contributed by atoms with van der Waals surface area (Å²) < 4.78 is 11.1. The number of aromatic nitrogens is 1. The molecule has 14 heavy (non-hydrogen) atoms. The lowest BCUT2D eigenvalue weighted by Crippen LogP contribution is -2.00. The normalized spacial score (nSPS) is 12.2. The Morgan fingerprint density at radius 3 is 2.71 bits per heavy atom. The van der Waals surface area contributed by atoms with E-state index in [1.165, 1.54) is 6.20 Å². The van der Waals surface area contributed by atoms with E-state index in [0.717, 1.165) is 11.1 Å². The number of nitrogens with one attached hydrogen (secondary N) is 1. The molecule has 0 bridgehead atoms. The highest BCUT2D eigenvalue weighted by molar-refractivity contribution is 7.60. The molecule has 0 spiro atoms. The Kier molecular flexibility index (Phi) is 2.00. The predicted octanol–water partition coefficient (Wildman–Crippen LogP) is 1.28. The molecule has 1 heterocycles. The van der Waals surface area contributed by atoms with Gasteiger partial charge in [0.25, 0.3) is 0 Å². The minimum atomic E-state index is -4.17. The van der Waals surface area contributed by atoms with Gasteiger partial charge < -0.3 is 14.8 Å². The van der Waals surface area contributed by atoms with Crippen LogP contribution in [0.1, 0.15) is 5.56 Å². The van der Waals surface area contributed by atoms with Crippen LogP contribution in [0.4, 0.5) is 0 Å². The number of fused-ring (bicyclic) bond motifs is 1. The van der Waals surface area contributed by atoms with Gasteiger partial charge in [-0.2, -0.15) is 0 Å². The van der Waals surface area contributed by atoms with Crippen molar-refractivity contribution in [3.05, 3.63) is 30.0 Å². The molecule has 0 amide bonds. The third kappa shape index (κ3) is 1.48. The van der Waals surface area contributed by atoms with E-state index in [9.17, 15) is 4.57 Å². The summed E-state index contributed by atoms with van der Waals surface area (Å²) >= 11 is 0. The summed E-state index contributed by atoms with van der Waals surface area (Å²) in [6.07, 6.45) is 1.37. The van der Waals surface area contributed by atoms with E-state index in [0.29, 0.717) is 5.39 Å². The van der Waals surface area contributed by atoms with Gasteiger partial charge in [-0.3, -0.25) is 4.57 Å². The van der Waals surface area contributed by atoms with Crippen LogP contribution >= 0.6 is 7.60 Å². The standard InChI is InChI=1S/C9H10NO3P/c1-6-2-3-8-7(4-6)9(5-10-8)14(11,12)13/h2-5,10H,1H3,(H2,11,12,13). The average molecular weight is 211 g/mol. The van der Waals surface area contributed by atoms with Crippen LogP contribution in [-0.2, 0) is 4.57 Å². The maximum absolute atomic E-state index is 11.1. The monoisotopic (exact) mass is 211 g/mol. The molecule has 0 saturated heterocycles. The maximum atomic E-state index is 11.1. The second-order valence-corrected chi connectivity index (χ2v) is 4.84. The lowest BCUT2D eigenvalue weighted by Gasteiger charge is -2.01. The second-order valence-electron chi connectivity index (χ2n) is 3.27. The van der Waals surface area contributed by atoms with E-state index in [1.807, 2.05) is 19.1 Å². The smallest absolute Gasteiger partial charge is 0.358 e. The van der Waals surface area contributed by atoms with Gasteiger partial charge in [-0.15, -0.1) is 0 Å². The first kappa shape index (κ1) is 9.46. The van der Waals surface area contributed by atoms with Crippen LogP contribution in [0.15, 0.2) is 24.4 Å². The van der Waals surface area contributed by atoms with Crippen LogP contribution < -0.4 is 5.30 Å². The molecule has 0 aliphatic heterocycles. The molecule has 0 atom stereocenters. The van der Waals surface area contributed by atoms with Gasteiger partial charge in [0.1, 0.15) is 0 Å². The molecule has 5 heteroatoms. The van der Waals surface area contributed by atoms with Crippen molar-refractivity contribution in [1.29, 1.82) is 0 Å². The summed E-state index contributed by atoms with van der Waals surface area (Å²) in [5.74, 6) is 0. The molecule has 74 valence electrons. The SMILES string of the molecule is Cc1ccc2[nH]cc(P(=O)(O)O)c2c1. The molecule has 1 aromatic carbocycles. The summed E-state index contributed by atoms with van der Waals surface area (Å²) in [6.45, 7) is 1.88. The van der Waals surface area contributed by atoms with Crippen molar-refractivity contribution in [3.63, 3.8) is 0 Å². The van der Waals surface area contributed by atoms with Gasteiger partial charge in [0.15, 0.2) is 0 Å². The lowest BCUT2D eigenvalue weighted by atomic mass is 10.2. The van der Waals surface area contributed by atoms with Gasteiger partial charge in [-0.1, -0.05) is 11.6 Å². The van der Waals surface area contributed by atoms with Crippen LogP contribution in [0.25, 0.3) is 10.9 Å². The van der Waals surface area contributed by atoms with E-state index in [1.54, 1.807) is 6.07 Å². The van der Waals surface area contributed by atoms with E-state index >= 15 is 0 Å². The number of rotatable bonds is 1. The molecule has 0 unspecified atom stereocenters. The molecule has 2 rings (SSSR count). The minimum Gasteiger partial charge on any atom is -0.360 e. The highest BCUT2D eigenvalue weighted by atomic mass is 31.2. The molecule has 1 aromatic heterocycles. The van der Waals surface area contributed by atoms with E-state index < -0.39 is 7.60 Å². The number of hydrogen-bond acceptors (Lipinski definition) is 1. The molecule has 0 aliphatic rings. The lowest BCUT2D eigenvalue weighted by molar-refractivity contribution is 0.388. The Labute approximate surface area is 80.7 Å². The highest BCUT2D eigenvalue weighted by Crippen LogP contribution is 2.36. The topological polar surface area (TPSA) is 73.3 Å². The summed E-state index contributed by atoms with van der Waals surface area (Å²) in [7, 11) is -4.17. The van der Waals surface area contributed by atoms with Gasteiger partial charge >= 0.3 is 7.60 Å². The van der Waals surface area contributed by atoms with Gasteiger partial charge in [0.05, 0.1) is 5.30 Å². The Bertz CT molecular complexity index is 526. The first-order chi connectivity index (χ1) is 6.48. The summed E-state index contributed by atoms with van der Waals surface area (Å²) in [4.78, 5) is 20.9. The molecule has 0 saturated carbocycles. The second kappa shape index (κ2) is 2.95. The molecule has 2 aromatic rings. The quantitative estimate of drug-likeness (QED) is 0.622. The Hall–Kier alpha value is -1.09. The van der Waals surface area contributed by atoms with Crippen molar-refractivity contribution in [2.24, 2.45) is 0 Å². The van der Waals surface area contributed by atoms with Crippen molar-refractivity contribution in [3.8, 4) is 0 Å². The first-order valence-corrected chi connectivity index (χ1v) is 5.73. The summed E-state index contributed by atoms with van der Waals surface area (Å²) in [5, 5.41) is 0.662. The van der Waals surface area contributed by atoms with Gasteiger partial charge in [-0.25, -0.2) is 0 Å². The molecule has 0 fully saturated rings. The van der Waals surface area contributed by atoms with Gasteiger partial charge in [0, 0.05) is 17.1 Å². The molecular weight excluding hydrogens is 201 g/mol. The van der Waals surface area contributed by atoms with Crippen molar-refractivity contribution in [2.75, 3.05) is 0 Å². The maximum Gasteiger partial charge on any atom is 0.358 e. The molecule has 0 aliphatic carbocycles.